The number of ether oxygens (including phenoxy) is 1. The van der Waals surface area contributed by atoms with Gasteiger partial charge in [-0.25, -0.2) is 9.97 Å². The number of benzene rings is 1. The third-order valence-corrected chi connectivity index (χ3v) is 3.48. The summed E-state index contributed by atoms with van der Waals surface area (Å²) in [4.78, 5) is 8.86. The molecule has 0 amide bonds. The molecule has 0 radical (unpaired) electrons. The van der Waals surface area contributed by atoms with Gasteiger partial charge in [-0.3, -0.25) is 0 Å². The van der Waals surface area contributed by atoms with E-state index < -0.39 is 0 Å². The molecule has 0 aliphatic heterocycles. The van der Waals surface area contributed by atoms with Crippen LogP contribution in [0.5, 0.6) is 0 Å². The van der Waals surface area contributed by atoms with Crippen molar-refractivity contribution in [2.24, 2.45) is 0 Å². The Morgan fingerprint density at radius 2 is 1.95 bits per heavy atom. The summed E-state index contributed by atoms with van der Waals surface area (Å²) in [7, 11) is 1.63. The summed E-state index contributed by atoms with van der Waals surface area (Å²) in [6.07, 6.45) is 0. The Morgan fingerprint density at radius 1 is 1.19 bits per heavy atom. The molecule has 0 bridgehead atoms. The van der Waals surface area contributed by atoms with Gasteiger partial charge in [-0.05, 0) is 47.5 Å². The zero-order valence-corrected chi connectivity index (χ0v) is 14.0. The zero-order valence-electron chi connectivity index (χ0n) is 12.4. The Bertz CT molecular complexity index is 594. The van der Waals surface area contributed by atoms with Crippen LogP contribution in [-0.2, 0) is 11.3 Å². The molecule has 0 aliphatic rings. The largest absolute Gasteiger partial charge is 0.377 e. The maximum atomic E-state index is 5.12. The number of methoxy groups -OCH3 is 1. The van der Waals surface area contributed by atoms with Crippen LogP contribution in [0.3, 0.4) is 0 Å². The quantitative estimate of drug-likeness (QED) is 0.827. The number of aromatic nitrogens is 2. The lowest BCUT2D eigenvalue weighted by molar-refractivity contribution is 0.178. The van der Waals surface area contributed by atoms with Crippen LogP contribution in [-0.4, -0.2) is 23.6 Å². The minimum Gasteiger partial charge on any atom is -0.377 e. The van der Waals surface area contributed by atoms with Crippen LogP contribution in [0.25, 0.3) is 0 Å². The van der Waals surface area contributed by atoms with Crippen molar-refractivity contribution in [1.82, 2.24) is 9.97 Å². The number of hydrogen-bond donors (Lipinski definition) is 2. The summed E-state index contributed by atoms with van der Waals surface area (Å²) in [5, 5.41) is 6.52. The van der Waals surface area contributed by atoms with E-state index in [4.69, 9.17) is 4.74 Å². The highest BCUT2D eigenvalue weighted by atomic mass is 79.9. The molecule has 21 heavy (non-hydrogen) atoms. The first kappa shape index (κ1) is 15.7. The predicted octanol–water partition coefficient (Wildman–Crippen LogP) is 3.87. The molecule has 0 aliphatic carbocycles. The normalized spacial score (nSPS) is 10.5. The smallest absolute Gasteiger partial charge is 0.158 e. The maximum absolute atomic E-state index is 5.12. The van der Waals surface area contributed by atoms with E-state index in [9.17, 15) is 0 Å². The lowest BCUT2D eigenvalue weighted by Gasteiger charge is -2.12. The van der Waals surface area contributed by atoms with Crippen LogP contribution in [0.2, 0.25) is 0 Å². The summed E-state index contributed by atoms with van der Waals surface area (Å²) in [5.74, 6) is 2.16. The van der Waals surface area contributed by atoms with Crippen molar-refractivity contribution in [3.63, 3.8) is 0 Å². The number of nitrogens with one attached hydrogen (secondary N) is 2. The highest BCUT2D eigenvalue weighted by molar-refractivity contribution is 9.10. The van der Waals surface area contributed by atoms with Gasteiger partial charge in [-0.1, -0.05) is 6.07 Å². The molecule has 0 atom stereocenters. The van der Waals surface area contributed by atoms with Crippen molar-refractivity contribution in [1.29, 1.82) is 0 Å². The van der Waals surface area contributed by atoms with Crippen molar-refractivity contribution in [3.8, 4) is 0 Å². The van der Waals surface area contributed by atoms with E-state index in [2.05, 4.69) is 55.6 Å². The molecule has 0 saturated heterocycles. The molecular weight excluding hydrogens is 332 g/mol. The van der Waals surface area contributed by atoms with Gasteiger partial charge in [0.2, 0.25) is 0 Å². The highest BCUT2D eigenvalue weighted by Crippen LogP contribution is 2.27. The van der Waals surface area contributed by atoms with Gasteiger partial charge < -0.3 is 15.4 Å². The van der Waals surface area contributed by atoms with Gasteiger partial charge in [0.15, 0.2) is 5.82 Å². The molecule has 112 valence electrons. The van der Waals surface area contributed by atoms with Crippen LogP contribution in [0.15, 0.2) is 28.7 Å². The Kier molecular flexibility index (Phi) is 5.52. The van der Waals surface area contributed by atoms with Crippen LogP contribution in [0.1, 0.15) is 18.3 Å². The van der Waals surface area contributed by atoms with E-state index in [1.807, 2.05) is 19.1 Å². The third-order valence-electron chi connectivity index (χ3n) is 2.79. The minimum absolute atomic E-state index is 0.378. The molecule has 0 unspecified atom stereocenters. The van der Waals surface area contributed by atoms with Gasteiger partial charge in [0.25, 0.3) is 0 Å². The molecule has 5 nitrogen and oxygen atoms in total. The molecule has 2 N–H and O–H groups in total. The number of nitrogens with zero attached hydrogens (tertiary/aromatic N) is 2. The van der Waals surface area contributed by atoms with Crippen LogP contribution < -0.4 is 10.6 Å². The summed E-state index contributed by atoms with van der Waals surface area (Å²) < 4.78 is 6.11. The first-order valence-electron chi connectivity index (χ1n) is 6.76. The second-order valence-electron chi connectivity index (χ2n) is 4.63. The second-order valence-corrected chi connectivity index (χ2v) is 5.48. The van der Waals surface area contributed by atoms with E-state index in [-0.39, 0.29) is 0 Å². The summed E-state index contributed by atoms with van der Waals surface area (Å²) in [5.41, 5.74) is 2.15. The maximum Gasteiger partial charge on any atom is 0.158 e. The predicted molar refractivity (Wildman–Crippen MR) is 89.1 cm³/mol. The fourth-order valence-electron chi connectivity index (χ4n) is 1.90. The Morgan fingerprint density at radius 3 is 2.67 bits per heavy atom. The lowest BCUT2D eigenvalue weighted by atomic mass is 10.2. The van der Waals surface area contributed by atoms with Gasteiger partial charge in [-0.2, -0.15) is 0 Å². The molecule has 0 fully saturated rings. The fourth-order valence-corrected chi connectivity index (χ4v) is 2.25. The highest BCUT2D eigenvalue weighted by Gasteiger charge is 2.07. The second kappa shape index (κ2) is 7.38. The van der Waals surface area contributed by atoms with Crippen LogP contribution in [0, 0.1) is 6.92 Å². The molecule has 0 saturated carbocycles. The topological polar surface area (TPSA) is 59.1 Å². The third kappa shape index (κ3) is 4.41. The van der Waals surface area contributed by atoms with Gasteiger partial charge in [0.1, 0.15) is 18.2 Å². The van der Waals surface area contributed by atoms with Crippen molar-refractivity contribution < 1.29 is 4.74 Å². The van der Waals surface area contributed by atoms with Crippen molar-refractivity contribution >= 4 is 33.3 Å². The van der Waals surface area contributed by atoms with Gasteiger partial charge in [-0.15, -0.1) is 0 Å². The fraction of sp³-hybridized carbons (Fsp3) is 0.333. The Balaban J connectivity index is 2.31. The van der Waals surface area contributed by atoms with Crippen molar-refractivity contribution in [2.45, 2.75) is 20.5 Å². The number of aryl methyl sites for hydroxylation is 1. The van der Waals surface area contributed by atoms with Crippen molar-refractivity contribution in [3.05, 3.63) is 40.1 Å². The average molecular weight is 351 g/mol. The van der Waals surface area contributed by atoms with E-state index in [0.29, 0.717) is 12.4 Å². The number of rotatable bonds is 6. The molecule has 1 aromatic carbocycles. The molecule has 0 spiro atoms. The van der Waals surface area contributed by atoms with Gasteiger partial charge in [0, 0.05) is 24.2 Å². The number of halogens is 1. The average Bonchev–Trinajstić information content (AvgIpc) is 2.43. The lowest BCUT2D eigenvalue weighted by Crippen LogP contribution is -2.07. The van der Waals surface area contributed by atoms with E-state index in [1.165, 1.54) is 5.56 Å². The summed E-state index contributed by atoms with van der Waals surface area (Å²) in [6, 6.07) is 8.02. The monoisotopic (exact) mass is 350 g/mol. The SMILES string of the molecule is CCNc1cc(Nc2cc(C)ccc2Br)nc(COC)n1. The minimum atomic E-state index is 0.378. The molecular formula is C15H19BrN4O. The van der Waals surface area contributed by atoms with E-state index in [1.54, 1.807) is 7.11 Å². The van der Waals surface area contributed by atoms with Gasteiger partial charge >= 0.3 is 0 Å². The zero-order chi connectivity index (χ0) is 15.2. The number of hydrogen-bond acceptors (Lipinski definition) is 5. The molecule has 6 heteroatoms. The first-order chi connectivity index (χ1) is 10.1. The summed E-state index contributed by atoms with van der Waals surface area (Å²) in [6.45, 7) is 5.26. The molecule has 1 heterocycles. The Labute approximate surface area is 133 Å². The van der Waals surface area contributed by atoms with Crippen molar-refractivity contribution in [2.75, 3.05) is 24.3 Å². The first-order valence-corrected chi connectivity index (χ1v) is 7.55. The number of anilines is 3. The van der Waals surface area contributed by atoms with Crippen LogP contribution >= 0.6 is 15.9 Å². The van der Waals surface area contributed by atoms with Crippen LogP contribution in [0.4, 0.5) is 17.3 Å². The molecule has 2 rings (SSSR count). The molecule has 1 aromatic heterocycles. The summed E-state index contributed by atoms with van der Waals surface area (Å²) >= 11 is 3.54. The van der Waals surface area contributed by atoms with E-state index in [0.717, 1.165) is 28.3 Å². The Hall–Kier alpha value is -1.66. The molecule has 2 aromatic rings. The van der Waals surface area contributed by atoms with Gasteiger partial charge in [0.05, 0.1) is 5.69 Å². The standard InChI is InChI=1S/C15H19BrN4O/c1-4-17-13-8-14(20-15(19-13)9-21-3)18-12-7-10(2)5-6-11(12)16/h5-8H,4,9H2,1-3H3,(H2,17,18,19,20). The van der Waals surface area contributed by atoms with E-state index >= 15 is 0 Å².